The number of carbonyl (C=O) groups excluding carboxylic acids is 1. The Labute approximate surface area is 221 Å². The number of aryl methyl sites for hydroxylation is 1. The molecule has 2 aromatic carbocycles. The van der Waals surface area contributed by atoms with Gasteiger partial charge in [-0.15, -0.1) is 0 Å². The molecule has 0 saturated carbocycles. The number of benzene rings is 2. The van der Waals surface area contributed by atoms with Gasteiger partial charge in [0, 0.05) is 54.6 Å². The van der Waals surface area contributed by atoms with E-state index in [1.54, 1.807) is 13.3 Å². The van der Waals surface area contributed by atoms with Crippen LogP contribution in [-0.2, 0) is 14.2 Å². The highest BCUT2D eigenvalue weighted by Gasteiger charge is 2.25. The lowest BCUT2D eigenvalue weighted by molar-refractivity contribution is 0.0383. The van der Waals surface area contributed by atoms with Crippen LogP contribution < -0.4 is 10.2 Å². The summed E-state index contributed by atoms with van der Waals surface area (Å²) < 4.78 is 15.9. The summed E-state index contributed by atoms with van der Waals surface area (Å²) in [7, 11) is 1.57. The molecule has 1 fully saturated rings. The summed E-state index contributed by atoms with van der Waals surface area (Å²) >= 11 is 0. The zero-order chi connectivity index (χ0) is 26.3. The Bertz CT molecular complexity index is 1370. The van der Waals surface area contributed by atoms with E-state index < -0.39 is 5.97 Å². The maximum Gasteiger partial charge on any atom is 0.355 e. The highest BCUT2D eigenvalue weighted by Crippen LogP contribution is 2.37. The zero-order valence-electron chi connectivity index (χ0n) is 21.6. The van der Waals surface area contributed by atoms with Crippen LogP contribution in [-0.4, -0.2) is 67.5 Å². The van der Waals surface area contributed by atoms with E-state index in [9.17, 15) is 4.79 Å². The van der Waals surface area contributed by atoms with Crippen LogP contribution in [0.3, 0.4) is 0 Å². The lowest BCUT2D eigenvalue weighted by atomic mass is 9.98. The minimum Gasteiger partial charge on any atom is -0.459 e. The second-order valence-electron chi connectivity index (χ2n) is 8.91. The molecule has 0 bridgehead atoms. The Morgan fingerprint density at radius 3 is 2.53 bits per heavy atom. The summed E-state index contributed by atoms with van der Waals surface area (Å²) in [5, 5.41) is 3.31. The topological polar surface area (TPSA) is 102 Å². The molecule has 1 saturated heterocycles. The van der Waals surface area contributed by atoms with Crippen molar-refractivity contribution in [3.8, 4) is 22.4 Å². The fourth-order valence-electron chi connectivity index (χ4n) is 4.55. The average molecular weight is 514 g/mol. The third-order valence-electron chi connectivity index (χ3n) is 6.39. The van der Waals surface area contributed by atoms with Gasteiger partial charge in [-0.2, -0.15) is 0 Å². The third kappa shape index (κ3) is 5.69. The Morgan fingerprint density at radius 2 is 1.79 bits per heavy atom. The summed E-state index contributed by atoms with van der Waals surface area (Å²) in [6, 6.07) is 19.8. The summed E-state index contributed by atoms with van der Waals surface area (Å²) in [4.78, 5) is 27.8. The maximum atomic E-state index is 13.0. The standard InChI is InChI=1S/C29H31N5O4/c1-20-25(26(21-6-4-3-5-7-21)27(31-20)28(35)38-19-18-36-2)24-12-13-30-29(33-24)32-22-8-10-23(11-9-22)34-14-16-37-17-15-34/h3-13,31H,14-19H2,1-2H3,(H,30,32,33). The van der Waals surface area contributed by atoms with E-state index in [1.165, 1.54) is 0 Å². The van der Waals surface area contributed by atoms with E-state index in [2.05, 4.69) is 32.3 Å². The molecule has 9 nitrogen and oxygen atoms in total. The molecule has 4 aromatic rings. The Morgan fingerprint density at radius 1 is 1.03 bits per heavy atom. The third-order valence-corrected chi connectivity index (χ3v) is 6.39. The minimum absolute atomic E-state index is 0.170. The molecule has 1 aliphatic heterocycles. The number of nitrogens with one attached hydrogen (secondary N) is 2. The van der Waals surface area contributed by atoms with Crippen LogP contribution in [0.15, 0.2) is 66.9 Å². The molecular formula is C29H31N5O4. The first-order valence-electron chi connectivity index (χ1n) is 12.6. The quantitative estimate of drug-likeness (QED) is 0.242. The molecule has 5 rings (SSSR count). The predicted octanol–water partition coefficient (Wildman–Crippen LogP) is 4.83. The summed E-state index contributed by atoms with van der Waals surface area (Å²) in [6.07, 6.45) is 1.71. The van der Waals surface area contributed by atoms with E-state index in [1.807, 2.05) is 55.5 Å². The second kappa shape index (κ2) is 11.9. The van der Waals surface area contributed by atoms with Crippen molar-refractivity contribution < 1.29 is 19.0 Å². The normalized spacial score (nSPS) is 13.4. The van der Waals surface area contributed by atoms with Gasteiger partial charge in [0.1, 0.15) is 12.3 Å². The van der Waals surface area contributed by atoms with Gasteiger partial charge in [-0.3, -0.25) is 0 Å². The molecule has 3 heterocycles. The number of carbonyl (C=O) groups is 1. The highest BCUT2D eigenvalue weighted by molar-refractivity contribution is 6.01. The van der Waals surface area contributed by atoms with Gasteiger partial charge in [0.25, 0.3) is 0 Å². The number of aromatic amines is 1. The van der Waals surface area contributed by atoms with Gasteiger partial charge in [-0.05, 0) is 42.8 Å². The van der Waals surface area contributed by atoms with Gasteiger partial charge in [-0.25, -0.2) is 14.8 Å². The predicted molar refractivity (Wildman–Crippen MR) is 147 cm³/mol. The molecule has 0 atom stereocenters. The molecule has 0 spiro atoms. The zero-order valence-corrected chi connectivity index (χ0v) is 21.6. The average Bonchev–Trinajstić information content (AvgIpc) is 3.32. The van der Waals surface area contributed by atoms with Gasteiger partial charge < -0.3 is 29.4 Å². The molecule has 2 aromatic heterocycles. The lowest BCUT2D eigenvalue weighted by Gasteiger charge is -2.28. The van der Waals surface area contributed by atoms with Crippen LogP contribution in [0, 0.1) is 6.92 Å². The van der Waals surface area contributed by atoms with Crippen LogP contribution in [0.25, 0.3) is 22.4 Å². The van der Waals surface area contributed by atoms with Crippen LogP contribution in [0.1, 0.15) is 16.2 Å². The van der Waals surface area contributed by atoms with Crippen LogP contribution in [0.2, 0.25) is 0 Å². The number of aromatic nitrogens is 3. The molecule has 38 heavy (non-hydrogen) atoms. The van der Waals surface area contributed by atoms with Crippen molar-refractivity contribution in [2.24, 2.45) is 0 Å². The molecule has 0 aliphatic carbocycles. The van der Waals surface area contributed by atoms with Crippen molar-refractivity contribution >= 4 is 23.3 Å². The van der Waals surface area contributed by atoms with Crippen molar-refractivity contribution in [1.29, 1.82) is 0 Å². The maximum absolute atomic E-state index is 13.0. The lowest BCUT2D eigenvalue weighted by Crippen LogP contribution is -2.36. The van der Waals surface area contributed by atoms with Gasteiger partial charge in [-0.1, -0.05) is 30.3 Å². The fourth-order valence-corrected chi connectivity index (χ4v) is 4.55. The van der Waals surface area contributed by atoms with Crippen molar-refractivity contribution in [2.75, 3.05) is 56.8 Å². The van der Waals surface area contributed by atoms with Gasteiger partial charge >= 0.3 is 5.97 Å². The molecular weight excluding hydrogens is 482 g/mol. The molecule has 0 radical (unpaired) electrons. The number of hydrogen-bond acceptors (Lipinski definition) is 8. The summed E-state index contributed by atoms with van der Waals surface area (Å²) in [5.41, 5.74) is 6.37. The Kier molecular flexibility index (Phi) is 7.96. The van der Waals surface area contributed by atoms with E-state index >= 15 is 0 Å². The fraction of sp³-hybridized carbons (Fsp3) is 0.276. The molecule has 9 heteroatoms. The van der Waals surface area contributed by atoms with Gasteiger partial charge in [0.15, 0.2) is 0 Å². The van der Waals surface area contributed by atoms with E-state index in [0.29, 0.717) is 23.9 Å². The van der Waals surface area contributed by atoms with Crippen LogP contribution in [0.4, 0.5) is 17.3 Å². The van der Waals surface area contributed by atoms with Crippen molar-refractivity contribution in [3.63, 3.8) is 0 Å². The number of anilines is 3. The molecule has 1 aliphatic rings. The number of rotatable bonds is 9. The summed E-state index contributed by atoms with van der Waals surface area (Å²) in [5.74, 6) is 0.0217. The van der Waals surface area contributed by atoms with Crippen LogP contribution >= 0.6 is 0 Å². The number of methoxy groups -OCH3 is 1. The molecule has 0 amide bonds. The SMILES string of the molecule is COCCOC(=O)c1[nH]c(C)c(-c2ccnc(Nc3ccc(N4CCOCC4)cc3)n2)c1-c1ccccc1. The molecule has 2 N–H and O–H groups in total. The first kappa shape index (κ1) is 25.4. The van der Waals surface area contributed by atoms with E-state index in [-0.39, 0.29) is 6.61 Å². The smallest absolute Gasteiger partial charge is 0.355 e. The van der Waals surface area contributed by atoms with Gasteiger partial charge in [0.05, 0.1) is 25.5 Å². The Hall–Kier alpha value is -4.21. The van der Waals surface area contributed by atoms with E-state index in [4.69, 9.17) is 19.2 Å². The minimum atomic E-state index is -0.442. The molecule has 0 unspecified atom stereocenters. The Balaban J connectivity index is 1.44. The highest BCUT2D eigenvalue weighted by atomic mass is 16.6. The monoisotopic (exact) mass is 513 g/mol. The van der Waals surface area contributed by atoms with Gasteiger partial charge in [0.2, 0.25) is 5.95 Å². The van der Waals surface area contributed by atoms with Crippen molar-refractivity contribution in [2.45, 2.75) is 6.92 Å². The second-order valence-corrected chi connectivity index (χ2v) is 8.91. The number of ether oxygens (including phenoxy) is 3. The van der Waals surface area contributed by atoms with Crippen molar-refractivity contribution in [1.82, 2.24) is 15.0 Å². The number of hydrogen-bond donors (Lipinski definition) is 2. The summed E-state index contributed by atoms with van der Waals surface area (Å²) in [6.45, 7) is 5.69. The number of nitrogens with zero attached hydrogens (tertiary/aromatic N) is 3. The number of H-pyrrole nitrogens is 1. The van der Waals surface area contributed by atoms with E-state index in [0.717, 1.165) is 60.1 Å². The van der Waals surface area contributed by atoms with Crippen molar-refractivity contribution in [3.05, 3.63) is 78.2 Å². The van der Waals surface area contributed by atoms with Crippen LogP contribution in [0.5, 0.6) is 0 Å². The number of morpholine rings is 1. The largest absolute Gasteiger partial charge is 0.459 e. The first-order valence-corrected chi connectivity index (χ1v) is 12.6. The molecule has 196 valence electrons. The first-order chi connectivity index (χ1) is 18.6. The number of esters is 1.